The molecule has 5 N–H and O–H groups in total. The number of hydrogen-bond acceptors (Lipinski definition) is 5. The van der Waals surface area contributed by atoms with Crippen LogP contribution in [0.4, 0.5) is 5.69 Å². The van der Waals surface area contributed by atoms with Crippen LogP contribution in [-0.4, -0.2) is 47.8 Å². The molecule has 8 heteroatoms. The number of methoxy groups -OCH3 is 1. The first-order valence-electron chi connectivity index (χ1n) is 5.52. The molecule has 1 aromatic rings. The molecular formula is C12H14N2O6. The highest BCUT2D eigenvalue weighted by molar-refractivity contribution is 5.99. The van der Waals surface area contributed by atoms with Crippen molar-refractivity contribution in [1.29, 1.82) is 0 Å². The van der Waals surface area contributed by atoms with Crippen LogP contribution in [0.25, 0.3) is 0 Å². The van der Waals surface area contributed by atoms with Gasteiger partial charge in [-0.05, 0) is 18.2 Å². The SMILES string of the molecule is COCC(N)C(=O)Nc1cc(C(=O)O)cc(C(=O)O)c1. The average molecular weight is 282 g/mol. The van der Waals surface area contributed by atoms with Gasteiger partial charge in [-0.2, -0.15) is 0 Å². The number of anilines is 1. The van der Waals surface area contributed by atoms with Gasteiger partial charge in [0.25, 0.3) is 0 Å². The molecule has 108 valence electrons. The number of carboxylic acids is 2. The maximum atomic E-state index is 11.7. The van der Waals surface area contributed by atoms with Gasteiger partial charge in [0.05, 0.1) is 17.7 Å². The molecular weight excluding hydrogens is 268 g/mol. The Hall–Kier alpha value is -2.45. The lowest BCUT2D eigenvalue weighted by Gasteiger charge is -2.12. The number of amides is 1. The highest BCUT2D eigenvalue weighted by atomic mass is 16.5. The Morgan fingerprint density at radius 3 is 2.10 bits per heavy atom. The third-order valence-electron chi connectivity index (χ3n) is 2.38. The summed E-state index contributed by atoms with van der Waals surface area (Å²) in [6.07, 6.45) is 0. The molecule has 1 aromatic carbocycles. The molecule has 0 radical (unpaired) electrons. The molecule has 1 atom stereocenters. The standard InChI is InChI=1S/C12H14N2O6/c1-20-5-9(13)10(15)14-8-3-6(11(16)17)2-7(4-8)12(18)19/h2-4,9H,5,13H2,1H3,(H,14,15)(H,16,17)(H,18,19). The Morgan fingerprint density at radius 2 is 1.70 bits per heavy atom. The number of carbonyl (C=O) groups excluding carboxylic acids is 1. The van der Waals surface area contributed by atoms with Crippen molar-refractivity contribution < 1.29 is 29.3 Å². The zero-order valence-corrected chi connectivity index (χ0v) is 10.6. The first-order chi connectivity index (χ1) is 9.35. The first-order valence-corrected chi connectivity index (χ1v) is 5.52. The second kappa shape index (κ2) is 6.64. The summed E-state index contributed by atoms with van der Waals surface area (Å²) in [5.41, 5.74) is 5.04. The van der Waals surface area contributed by atoms with Crippen molar-refractivity contribution in [3.8, 4) is 0 Å². The summed E-state index contributed by atoms with van der Waals surface area (Å²) in [4.78, 5) is 33.5. The number of rotatable bonds is 6. The van der Waals surface area contributed by atoms with Crippen LogP contribution < -0.4 is 11.1 Å². The van der Waals surface area contributed by atoms with Gasteiger partial charge < -0.3 is 26.0 Å². The fourth-order valence-electron chi connectivity index (χ4n) is 1.44. The summed E-state index contributed by atoms with van der Waals surface area (Å²) in [5, 5.41) is 20.1. The molecule has 0 spiro atoms. The maximum absolute atomic E-state index is 11.7. The van der Waals surface area contributed by atoms with Crippen molar-refractivity contribution in [1.82, 2.24) is 0 Å². The maximum Gasteiger partial charge on any atom is 0.335 e. The van der Waals surface area contributed by atoms with Crippen LogP contribution in [0, 0.1) is 0 Å². The van der Waals surface area contributed by atoms with E-state index in [0.29, 0.717) is 0 Å². The zero-order chi connectivity index (χ0) is 15.3. The molecule has 0 aromatic heterocycles. The molecule has 20 heavy (non-hydrogen) atoms. The Kier molecular flexibility index (Phi) is 5.18. The van der Waals surface area contributed by atoms with E-state index in [1.54, 1.807) is 0 Å². The molecule has 1 unspecified atom stereocenters. The van der Waals surface area contributed by atoms with E-state index >= 15 is 0 Å². The van der Waals surface area contributed by atoms with Crippen molar-refractivity contribution in [3.63, 3.8) is 0 Å². The number of ether oxygens (including phenoxy) is 1. The Bertz CT molecular complexity index is 510. The van der Waals surface area contributed by atoms with Crippen LogP contribution >= 0.6 is 0 Å². The molecule has 1 amide bonds. The van der Waals surface area contributed by atoms with Gasteiger partial charge in [0.2, 0.25) is 5.91 Å². The minimum absolute atomic E-state index is 0.0176. The number of nitrogens with one attached hydrogen (secondary N) is 1. The predicted octanol–water partition coefficient (Wildman–Crippen LogP) is -0.00480. The van der Waals surface area contributed by atoms with E-state index in [1.165, 1.54) is 7.11 Å². The smallest absolute Gasteiger partial charge is 0.335 e. The lowest BCUT2D eigenvalue weighted by Crippen LogP contribution is -2.39. The van der Waals surface area contributed by atoms with Crippen LogP contribution in [-0.2, 0) is 9.53 Å². The molecule has 8 nitrogen and oxygen atoms in total. The normalized spacial score (nSPS) is 11.7. The van der Waals surface area contributed by atoms with Crippen LogP contribution in [0.3, 0.4) is 0 Å². The summed E-state index contributed by atoms with van der Waals surface area (Å²) < 4.78 is 4.71. The van der Waals surface area contributed by atoms with Crippen molar-refractivity contribution >= 4 is 23.5 Å². The van der Waals surface area contributed by atoms with E-state index < -0.39 is 23.9 Å². The Morgan fingerprint density at radius 1 is 1.20 bits per heavy atom. The van der Waals surface area contributed by atoms with Gasteiger partial charge in [-0.25, -0.2) is 9.59 Å². The average Bonchev–Trinajstić information content (AvgIpc) is 2.38. The van der Waals surface area contributed by atoms with E-state index in [0.717, 1.165) is 18.2 Å². The topological polar surface area (TPSA) is 139 Å². The summed E-state index contributed by atoms with van der Waals surface area (Å²) in [5.74, 6) is -3.21. The van der Waals surface area contributed by atoms with Crippen molar-refractivity contribution in [2.24, 2.45) is 5.73 Å². The third-order valence-corrected chi connectivity index (χ3v) is 2.38. The summed E-state index contributed by atoms with van der Waals surface area (Å²) in [6, 6.07) is 2.34. The summed E-state index contributed by atoms with van der Waals surface area (Å²) in [7, 11) is 1.38. The predicted molar refractivity (Wildman–Crippen MR) is 68.8 cm³/mol. The van der Waals surface area contributed by atoms with Crippen molar-refractivity contribution in [2.75, 3.05) is 19.0 Å². The number of hydrogen-bond donors (Lipinski definition) is 4. The summed E-state index contributed by atoms with van der Waals surface area (Å²) >= 11 is 0. The number of nitrogens with two attached hydrogens (primary N) is 1. The summed E-state index contributed by atoms with van der Waals surface area (Å²) in [6.45, 7) is -0.0176. The lowest BCUT2D eigenvalue weighted by molar-refractivity contribution is -0.118. The molecule has 0 fully saturated rings. The first kappa shape index (κ1) is 15.6. The van der Waals surface area contributed by atoms with Crippen LogP contribution in [0.5, 0.6) is 0 Å². The van der Waals surface area contributed by atoms with Crippen LogP contribution in [0.15, 0.2) is 18.2 Å². The van der Waals surface area contributed by atoms with Crippen molar-refractivity contribution in [2.45, 2.75) is 6.04 Å². The monoisotopic (exact) mass is 282 g/mol. The van der Waals surface area contributed by atoms with Gasteiger partial charge in [0.15, 0.2) is 0 Å². The Labute approximate surface area is 114 Å². The van der Waals surface area contributed by atoms with E-state index in [-0.39, 0.29) is 23.4 Å². The third kappa shape index (κ3) is 4.04. The molecule has 0 saturated heterocycles. The number of carbonyl (C=O) groups is 3. The number of aromatic carboxylic acids is 2. The number of carboxylic acid groups (broad SMARTS) is 2. The molecule has 0 aliphatic carbocycles. The van der Waals surface area contributed by atoms with Crippen molar-refractivity contribution in [3.05, 3.63) is 29.3 Å². The minimum atomic E-state index is -1.30. The minimum Gasteiger partial charge on any atom is -0.478 e. The number of benzene rings is 1. The quantitative estimate of drug-likeness (QED) is 0.575. The molecule has 0 heterocycles. The van der Waals surface area contributed by atoms with E-state index in [9.17, 15) is 14.4 Å². The largest absolute Gasteiger partial charge is 0.478 e. The Balaban J connectivity index is 3.02. The van der Waals surface area contributed by atoms with Gasteiger partial charge >= 0.3 is 11.9 Å². The van der Waals surface area contributed by atoms with Gasteiger partial charge in [-0.15, -0.1) is 0 Å². The van der Waals surface area contributed by atoms with Gasteiger partial charge in [0, 0.05) is 12.8 Å². The fourth-order valence-corrected chi connectivity index (χ4v) is 1.44. The molecule has 1 rings (SSSR count). The van der Waals surface area contributed by atoms with E-state index in [4.69, 9.17) is 20.7 Å². The van der Waals surface area contributed by atoms with Gasteiger partial charge in [0.1, 0.15) is 6.04 Å². The highest BCUT2D eigenvalue weighted by Crippen LogP contribution is 2.15. The second-order valence-corrected chi connectivity index (χ2v) is 3.96. The highest BCUT2D eigenvalue weighted by Gasteiger charge is 2.16. The fraction of sp³-hybridized carbons (Fsp3) is 0.250. The molecule has 0 bridgehead atoms. The zero-order valence-electron chi connectivity index (χ0n) is 10.6. The second-order valence-electron chi connectivity index (χ2n) is 3.96. The van der Waals surface area contributed by atoms with Crippen LogP contribution in [0.2, 0.25) is 0 Å². The molecule has 0 aliphatic rings. The molecule has 0 saturated carbocycles. The molecule has 0 aliphatic heterocycles. The van der Waals surface area contributed by atoms with Gasteiger partial charge in [-0.1, -0.05) is 0 Å². The van der Waals surface area contributed by atoms with Crippen LogP contribution in [0.1, 0.15) is 20.7 Å². The van der Waals surface area contributed by atoms with E-state index in [1.807, 2.05) is 0 Å². The van der Waals surface area contributed by atoms with Gasteiger partial charge in [-0.3, -0.25) is 4.79 Å². The van der Waals surface area contributed by atoms with E-state index in [2.05, 4.69) is 5.32 Å². The lowest BCUT2D eigenvalue weighted by atomic mass is 10.1.